The standard InChI is InChI=1S/C14H21N3O3/c1-4-20-11-7-5-6-10(15)13(11)14(19)17(9(2)3)8-12(16)18/h5-7,9H,4,8,15H2,1-3H3,(H2,16,18). The van der Waals surface area contributed by atoms with E-state index in [1.807, 2.05) is 6.92 Å². The minimum atomic E-state index is -0.570. The topological polar surface area (TPSA) is 98.7 Å². The van der Waals surface area contributed by atoms with Crippen molar-refractivity contribution in [1.82, 2.24) is 4.90 Å². The Kier molecular flexibility index (Phi) is 5.37. The number of ether oxygens (including phenoxy) is 1. The third kappa shape index (κ3) is 3.63. The van der Waals surface area contributed by atoms with Crippen LogP contribution in [0.25, 0.3) is 0 Å². The molecule has 0 aliphatic heterocycles. The molecule has 1 aromatic carbocycles. The number of nitrogens with zero attached hydrogens (tertiary/aromatic N) is 1. The van der Waals surface area contributed by atoms with Gasteiger partial charge < -0.3 is 21.1 Å². The number of primary amides is 1. The molecule has 0 heterocycles. The minimum Gasteiger partial charge on any atom is -0.493 e. The molecule has 20 heavy (non-hydrogen) atoms. The second-order valence-electron chi connectivity index (χ2n) is 4.65. The first-order valence-electron chi connectivity index (χ1n) is 6.49. The Balaban J connectivity index is 3.20. The maximum absolute atomic E-state index is 12.6. The van der Waals surface area contributed by atoms with E-state index in [1.54, 1.807) is 32.0 Å². The number of nitrogen functional groups attached to an aromatic ring is 1. The van der Waals surface area contributed by atoms with E-state index in [4.69, 9.17) is 16.2 Å². The molecule has 0 spiro atoms. The van der Waals surface area contributed by atoms with E-state index < -0.39 is 5.91 Å². The van der Waals surface area contributed by atoms with Gasteiger partial charge in [0.25, 0.3) is 5.91 Å². The zero-order valence-corrected chi connectivity index (χ0v) is 12.1. The minimum absolute atomic E-state index is 0.156. The Labute approximate surface area is 118 Å². The van der Waals surface area contributed by atoms with Gasteiger partial charge in [0, 0.05) is 11.7 Å². The molecule has 0 fully saturated rings. The van der Waals surface area contributed by atoms with Crippen molar-refractivity contribution in [1.29, 1.82) is 0 Å². The number of nitrogens with two attached hydrogens (primary N) is 2. The van der Waals surface area contributed by atoms with Crippen LogP contribution in [0, 0.1) is 0 Å². The van der Waals surface area contributed by atoms with Crippen LogP contribution in [0.5, 0.6) is 5.75 Å². The molecule has 1 aromatic rings. The average Bonchev–Trinajstić information content (AvgIpc) is 2.35. The summed E-state index contributed by atoms with van der Waals surface area (Å²) in [5, 5.41) is 0. The van der Waals surface area contributed by atoms with Crippen molar-refractivity contribution < 1.29 is 14.3 Å². The van der Waals surface area contributed by atoms with Crippen LogP contribution in [0.1, 0.15) is 31.1 Å². The summed E-state index contributed by atoms with van der Waals surface area (Å²) >= 11 is 0. The zero-order valence-electron chi connectivity index (χ0n) is 12.1. The van der Waals surface area contributed by atoms with Gasteiger partial charge in [-0.2, -0.15) is 0 Å². The van der Waals surface area contributed by atoms with E-state index in [0.717, 1.165) is 0 Å². The van der Waals surface area contributed by atoms with E-state index in [0.29, 0.717) is 18.0 Å². The predicted octanol–water partition coefficient (Wildman–Crippen LogP) is 1.00. The van der Waals surface area contributed by atoms with Gasteiger partial charge >= 0.3 is 0 Å². The summed E-state index contributed by atoms with van der Waals surface area (Å²) in [4.78, 5) is 25.1. The first-order chi connectivity index (χ1) is 9.38. The predicted molar refractivity (Wildman–Crippen MR) is 77.4 cm³/mol. The van der Waals surface area contributed by atoms with Crippen molar-refractivity contribution in [3.8, 4) is 5.75 Å². The summed E-state index contributed by atoms with van der Waals surface area (Å²) in [6.45, 7) is 5.69. The molecule has 0 aliphatic rings. The van der Waals surface area contributed by atoms with Crippen LogP contribution in [0.15, 0.2) is 18.2 Å². The normalized spacial score (nSPS) is 10.4. The van der Waals surface area contributed by atoms with Crippen molar-refractivity contribution in [2.45, 2.75) is 26.8 Å². The van der Waals surface area contributed by atoms with E-state index >= 15 is 0 Å². The number of carbonyl (C=O) groups excluding carboxylic acids is 2. The molecule has 0 unspecified atom stereocenters. The van der Waals surface area contributed by atoms with Gasteiger partial charge in [0.1, 0.15) is 11.3 Å². The summed E-state index contributed by atoms with van der Waals surface area (Å²) in [5.41, 5.74) is 11.6. The molecule has 0 atom stereocenters. The molecule has 0 saturated heterocycles. The van der Waals surface area contributed by atoms with Crippen LogP contribution >= 0.6 is 0 Å². The Morgan fingerprint density at radius 2 is 2.00 bits per heavy atom. The number of hydrogen-bond donors (Lipinski definition) is 2. The smallest absolute Gasteiger partial charge is 0.260 e. The Hall–Kier alpha value is -2.24. The molecule has 6 nitrogen and oxygen atoms in total. The summed E-state index contributed by atoms with van der Waals surface area (Å²) < 4.78 is 5.43. The van der Waals surface area contributed by atoms with Crippen molar-refractivity contribution in [3.63, 3.8) is 0 Å². The highest BCUT2D eigenvalue weighted by Gasteiger charge is 2.25. The highest BCUT2D eigenvalue weighted by atomic mass is 16.5. The number of hydrogen-bond acceptors (Lipinski definition) is 4. The number of amides is 2. The fraction of sp³-hybridized carbons (Fsp3) is 0.429. The first kappa shape index (κ1) is 15.8. The molecular formula is C14H21N3O3. The summed E-state index contributed by atoms with van der Waals surface area (Å²) in [6.07, 6.45) is 0. The van der Waals surface area contributed by atoms with Crippen molar-refractivity contribution in [2.75, 3.05) is 18.9 Å². The molecule has 0 radical (unpaired) electrons. The SMILES string of the molecule is CCOc1cccc(N)c1C(=O)N(CC(N)=O)C(C)C. The monoisotopic (exact) mass is 279 g/mol. The molecule has 4 N–H and O–H groups in total. The van der Waals surface area contributed by atoms with E-state index in [9.17, 15) is 9.59 Å². The highest BCUT2D eigenvalue weighted by Crippen LogP contribution is 2.26. The summed E-state index contributed by atoms with van der Waals surface area (Å²) in [5.74, 6) is -0.521. The fourth-order valence-corrected chi connectivity index (χ4v) is 1.85. The van der Waals surface area contributed by atoms with E-state index in [1.165, 1.54) is 4.90 Å². The molecule has 110 valence electrons. The Bertz CT molecular complexity index is 500. The fourth-order valence-electron chi connectivity index (χ4n) is 1.85. The van der Waals surface area contributed by atoms with Crippen LogP contribution in [0.4, 0.5) is 5.69 Å². The summed E-state index contributed by atoms with van der Waals surface area (Å²) in [6, 6.07) is 4.84. The number of rotatable bonds is 6. The third-order valence-corrected chi connectivity index (χ3v) is 2.78. The second kappa shape index (κ2) is 6.79. The Morgan fingerprint density at radius 3 is 2.50 bits per heavy atom. The van der Waals surface area contributed by atoms with E-state index in [-0.39, 0.29) is 24.1 Å². The van der Waals surface area contributed by atoms with Gasteiger partial charge in [-0.15, -0.1) is 0 Å². The molecule has 0 saturated carbocycles. The third-order valence-electron chi connectivity index (χ3n) is 2.78. The maximum Gasteiger partial charge on any atom is 0.260 e. The quantitative estimate of drug-likeness (QED) is 0.759. The number of anilines is 1. The van der Waals surface area contributed by atoms with Crippen molar-refractivity contribution in [3.05, 3.63) is 23.8 Å². The first-order valence-corrected chi connectivity index (χ1v) is 6.49. The van der Waals surface area contributed by atoms with Gasteiger partial charge in [-0.3, -0.25) is 9.59 Å². The lowest BCUT2D eigenvalue weighted by Crippen LogP contribution is -2.43. The molecule has 6 heteroatoms. The van der Waals surface area contributed by atoms with Gasteiger partial charge in [0.05, 0.1) is 13.2 Å². The molecular weight excluding hydrogens is 258 g/mol. The molecule has 0 aromatic heterocycles. The highest BCUT2D eigenvalue weighted by molar-refractivity contribution is 6.03. The van der Waals surface area contributed by atoms with Crippen LogP contribution in [0.2, 0.25) is 0 Å². The van der Waals surface area contributed by atoms with Crippen molar-refractivity contribution >= 4 is 17.5 Å². The number of carbonyl (C=O) groups is 2. The van der Waals surface area contributed by atoms with Crippen LogP contribution in [-0.2, 0) is 4.79 Å². The van der Waals surface area contributed by atoms with Gasteiger partial charge in [-0.05, 0) is 32.9 Å². The zero-order chi connectivity index (χ0) is 15.3. The molecule has 1 rings (SSSR count). The summed E-state index contributed by atoms with van der Waals surface area (Å²) in [7, 11) is 0. The van der Waals surface area contributed by atoms with Crippen LogP contribution in [0.3, 0.4) is 0 Å². The lowest BCUT2D eigenvalue weighted by molar-refractivity contribution is -0.119. The van der Waals surface area contributed by atoms with Gasteiger partial charge in [-0.25, -0.2) is 0 Å². The van der Waals surface area contributed by atoms with Crippen LogP contribution < -0.4 is 16.2 Å². The molecule has 0 bridgehead atoms. The average molecular weight is 279 g/mol. The van der Waals surface area contributed by atoms with Gasteiger partial charge in [0.15, 0.2) is 0 Å². The van der Waals surface area contributed by atoms with Crippen LogP contribution in [-0.4, -0.2) is 35.9 Å². The van der Waals surface area contributed by atoms with Crippen molar-refractivity contribution in [2.24, 2.45) is 5.73 Å². The van der Waals surface area contributed by atoms with Gasteiger partial charge in [-0.1, -0.05) is 6.07 Å². The second-order valence-corrected chi connectivity index (χ2v) is 4.65. The van der Waals surface area contributed by atoms with Gasteiger partial charge in [0.2, 0.25) is 5.91 Å². The number of benzene rings is 1. The lowest BCUT2D eigenvalue weighted by Gasteiger charge is -2.26. The molecule has 2 amide bonds. The van der Waals surface area contributed by atoms with E-state index in [2.05, 4.69) is 0 Å². The largest absolute Gasteiger partial charge is 0.493 e. The molecule has 0 aliphatic carbocycles. The Morgan fingerprint density at radius 1 is 1.35 bits per heavy atom. The lowest BCUT2D eigenvalue weighted by atomic mass is 10.1. The maximum atomic E-state index is 12.6.